The van der Waals surface area contributed by atoms with Gasteiger partial charge < -0.3 is 10.4 Å². The lowest BCUT2D eigenvalue weighted by atomic mass is 10.1. The average molecular weight is 353 g/mol. The Morgan fingerprint density at radius 1 is 0.654 bits per heavy atom. The van der Waals surface area contributed by atoms with Gasteiger partial charge in [0.05, 0.1) is 26.8 Å². The Hall–Kier alpha value is -3.24. The SMILES string of the molecule is Nn1c2ccccc2c2ccc3c4sccc4n(-c4ccccc4)c3c21. The fourth-order valence-electron chi connectivity index (χ4n) is 4.13. The molecule has 3 nitrogen and oxygen atoms in total. The Morgan fingerprint density at radius 2 is 1.42 bits per heavy atom. The van der Waals surface area contributed by atoms with Gasteiger partial charge in [-0.05, 0) is 29.6 Å². The second kappa shape index (κ2) is 4.90. The van der Waals surface area contributed by atoms with Crippen LogP contribution in [-0.4, -0.2) is 9.24 Å². The molecule has 0 atom stereocenters. The van der Waals surface area contributed by atoms with Crippen LogP contribution in [0.4, 0.5) is 0 Å². The number of rotatable bonds is 1. The van der Waals surface area contributed by atoms with Gasteiger partial charge >= 0.3 is 0 Å². The molecule has 124 valence electrons. The highest BCUT2D eigenvalue weighted by Crippen LogP contribution is 2.41. The van der Waals surface area contributed by atoms with E-state index in [-0.39, 0.29) is 0 Å². The lowest BCUT2D eigenvalue weighted by Crippen LogP contribution is -2.08. The van der Waals surface area contributed by atoms with Crippen molar-refractivity contribution in [2.24, 2.45) is 0 Å². The molecule has 3 heterocycles. The predicted molar refractivity (Wildman–Crippen MR) is 112 cm³/mol. The van der Waals surface area contributed by atoms with Gasteiger partial charge in [0.2, 0.25) is 0 Å². The molecule has 0 fully saturated rings. The van der Waals surface area contributed by atoms with Gasteiger partial charge in [0.15, 0.2) is 0 Å². The summed E-state index contributed by atoms with van der Waals surface area (Å²) < 4.78 is 5.48. The molecule has 26 heavy (non-hydrogen) atoms. The highest BCUT2D eigenvalue weighted by Gasteiger charge is 2.19. The number of nitrogens with two attached hydrogens (primary N) is 1. The maximum atomic E-state index is 6.59. The number of nitrogen functional groups attached to an aromatic ring is 1. The number of hydrogen-bond acceptors (Lipinski definition) is 2. The van der Waals surface area contributed by atoms with Crippen LogP contribution in [0.3, 0.4) is 0 Å². The number of thiophene rings is 1. The van der Waals surface area contributed by atoms with Crippen LogP contribution in [0.5, 0.6) is 0 Å². The zero-order valence-electron chi connectivity index (χ0n) is 13.9. The minimum atomic E-state index is 1.05. The van der Waals surface area contributed by atoms with Crippen LogP contribution in [0.2, 0.25) is 0 Å². The third-order valence-corrected chi connectivity index (χ3v) is 6.15. The second-order valence-corrected chi connectivity index (χ2v) is 7.47. The summed E-state index contributed by atoms with van der Waals surface area (Å²) in [4.78, 5) is 0. The molecule has 6 rings (SSSR count). The standard InChI is InChI=1S/C22H15N3S/c23-25-18-9-5-4-8-15(18)16-10-11-17-20(21(16)25)24(14-6-2-1-3-7-14)19-12-13-26-22(17)19/h1-13H,23H2. The Bertz CT molecular complexity index is 1430. The normalized spacial score (nSPS) is 12.0. The van der Waals surface area contributed by atoms with Gasteiger partial charge in [0, 0.05) is 21.8 Å². The molecule has 0 aliphatic carbocycles. The lowest BCUT2D eigenvalue weighted by Gasteiger charge is -2.09. The molecule has 0 bridgehead atoms. The van der Waals surface area contributed by atoms with E-state index in [0.717, 1.165) is 16.7 Å². The first-order valence-electron chi connectivity index (χ1n) is 8.59. The van der Waals surface area contributed by atoms with Crippen molar-refractivity contribution in [3.8, 4) is 5.69 Å². The molecule has 0 spiro atoms. The summed E-state index contributed by atoms with van der Waals surface area (Å²) in [6.07, 6.45) is 0. The Kier molecular flexibility index (Phi) is 2.63. The van der Waals surface area contributed by atoms with Crippen molar-refractivity contribution in [3.63, 3.8) is 0 Å². The average Bonchev–Trinajstić information content (AvgIpc) is 3.35. The van der Waals surface area contributed by atoms with Gasteiger partial charge in [-0.2, -0.15) is 0 Å². The van der Waals surface area contributed by atoms with E-state index in [1.807, 2.05) is 10.7 Å². The highest BCUT2D eigenvalue weighted by atomic mass is 32.1. The number of nitrogens with zero attached hydrogens (tertiary/aromatic N) is 2. The molecule has 0 amide bonds. The van der Waals surface area contributed by atoms with Crippen LogP contribution in [0.15, 0.2) is 78.2 Å². The van der Waals surface area contributed by atoms with Crippen LogP contribution >= 0.6 is 11.3 Å². The zero-order chi connectivity index (χ0) is 17.3. The number of para-hydroxylation sites is 2. The van der Waals surface area contributed by atoms with Crippen molar-refractivity contribution in [1.29, 1.82) is 0 Å². The molecule has 2 N–H and O–H groups in total. The van der Waals surface area contributed by atoms with Crippen LogP contribution in [0, 0.1) is 0 Å². The van der Waals surface area contributed by atoms with Gasteiger partial charge in [-0.15, -0.1) is 11.3 Å². The molecule has 0 saturated carbocycles. The number of aromatic nitrogens is 2. The smallest absolute Gasteiger partial charge is 0.0950 e. The van der Waals surface area contributed by atoms with Gasteiger partial charge in [0.1, 0.15) is 0 Å². The third-order valence-electron chi connectivity index (χ3n) is 5.21. The van der Waals surface area contributed by atoms with E-state index < -0.39 is 0 Å². The predicted octanol–water partition coefficient (Wildman–Crippen LogP) is 5.67. The van der Waals surface area contributed by atoms with Crippen LogP contribution in [0.1, 0.15) is 0 Å². The molecular weight excluding hydrogens is 338 g/mol. The largest absolute Gasteiger partial charge is 0.338 e. The van der Waals surface area contributed by atoms with E-state index in [0.29, 0.717) is 0 Å². The topological polar surface area (TPSA) is 35.9 Å². The number of hydrogen-bond donors (Lipinski definition) is 1. The fourth-order valence-corrected chi connectivity index (χ4v) is 5.03. The van der Waals surface area contributed by atoms with E-state index in [2.05, 4.69) is 76.7 Å². The van der Waals surface area contributed by atoms with Crippen molar-refractivity contribution < 1.29 is 0 Å². The van der Waals surface area contributed by atoms with Crippen LogP contribution in [-0.2, 0) is 0 Å². The Balaban J connectivity index is 1.94. The number of fused-ring (bicyclic) bond motifs is 7. The quantitative estimate of drug-likeness (QED) is 0.380. The monoisotopic (exact) mass is 353 g/mol. The molecule has 6 aromatic rings. The van der Waals surface area contributed by atoms with E-state index in [1.54, 1.807) is 11.3 Å². The lowest BCUT2D eigenvalue weighted by molar-refractivity contribution is 1.11. The minimum Gasteiger partial charge on any atom is -0.338 e. The molecule has 0 saturated heterocycles. The molecule has 0 aliphatic heterocycles. The van der Waals surface area contributed by atoms with E-state index in [1.165, 1.54) is 31.9 Å². The summed E-state index contributed by atoms with van der Waals surface area (Å²) in [6, 6.07) is 25.5. The first-order chi connectivity index (χ1) is 12.8. The molecule has 4 heteroatoms. The Labute approximate surface area is 153 Å². The first kappa shape index (κ1) is 14.0. The summed E-state index contributed by atoms with van der Waals surface area (Å²) >= 11 is 1.78. The van der Waals surface area contributed by atoms with Crippen molar-refractivity contribution in [1.82, 2.24) is 9.24 Å². The minimum absolute atomic E-state index is 1.05. The van der Waals surface area contributed by atoms with Crippen molar-refractivity contribution >= 4 is 54.3 Å². The second-order valence-electron chi connectivity index (χ2n) is 6.55. The zero-order valence-corrected chi connectivity index (χ0v) is 14.7. The number of benzene rings is 3. The third kappa shape index (κ3) is 1.62. The van der Waals surface area contributed by atoms with Gasteiger partial charge in [0.25, 0.3) is 0 Å². The van der Waals surface area contributed by atoms with E-state index in [9.17, 15) is 0 Å². The summed E-state index contributed by atoms with van der Waals surface area (Å²) in [6.45, 7) is 0. The van der Waals surface area contributed by atoms with Gasteiger partial charge in [-0.25, -0.2) is 0 Å². The summed E-state index contributed by atoms with van der Waals surface area (Å²) in [5.74, 6) is 6.59. The van der Waals surface area contributed by atoms with Crippen molar-refractivity contribution in [3.05, 3.63) is 78.2 Å². The van der Waals surface area contributed by atoms with E-state index in [4.69, 9.17) is 5.84 Å². The highest BCUT2D eigenvalue weighted by molar-refractivity contribution is 7.18. The molecular formula is C22H15N3S. The van der Waals surface area contributed by atoms with E-state index >= 15 is 0 Å². The van der Waals surface area contributed by atoms with Crippen molar-refractivity contribution in [2.45, 2.75) is 0 Å². The van der Waals surface area contributed by atoms with Crippen LogP contribution in [0.25, 0.3) is 48.6 Å². The van der Waals surface area contributed by atoms with Crippen molar-refractivity contribution in [2.75, 3.05) is 5.84 Å². The molecule has 0 unspecified atom stereocenters. The summed E-state index contributed by atoms with van der Waals surface area (Å²) in [5, 5.41) is 5.79. The van der Waals surface area contributed by atoms with Crippen LogP contribution < -0.4 is 5.84 Å². The van der Waals surface area contributed by atoms with Gasteiger partial charge in [-0.3, -0.25) is 4.68 Å². The maximum Gasteiger partial charge on any atom is 0.0950 e. The molecule has 0 aliphatic rings. The van der Waals surface area contributed by atoms with Gasteiger partial charge in [-0.1, -0.05) is 48.5 Å². The molecule has 3 aromatic heterocycles. The fraction of sp³-hybridized carbons (Fsp3) is 0. The summed E-state index contributed by atoms with van der Waals surface area (Å²) in [5.41, 5.74) is 5.70. The maximum absolute atomic E-state index is 6.59. The molecule has 3 aromatic carbocycles. The first-order valence-corrected chi connectivity index (χ1v) is 9.47. The summed E-state index contributed by atoms with van der Waals surface area (Å²) in [7, 11) is 0. The Morgan fingerprint density at radius 3 is 2.31 bits per heavy atom. The molecule has 0 radical (unpaired) electrons.